The van der Waals surface area contributed by atoms with Gasteiger partial charge in [0.1, 0.15) is 0 Å². The van der Waals surface area contributed by atoms with Crippen LogP contribution in [0.4, 0.5) is 0 Å². The van der Waals surface area contributed by atoms with Crippen molar-refractivity contribution in [3.8, 4) is 28.5 Å². The largest absolute Gasteiger partial charge is 0.493 e. The second-order valence-electron chi connectivity index (χ2n) is 8.56. The van der Waals surface area contributed by atoms with Crippen LogP contribution in [0.5, 0.6) is 17.4 Å². The van der Waals surface area contributed by atoms with E-state index >= 15 is 0 Å². The van der Waals surface area contributed by atoms with Crippen molar-refractivity contribution >= 4 is 33.0 Å². The number of ketones is 2. The van der Waals surface area contributed by atoms with E-state index in [-0.39, 0.29) is 30.0 Å². The third-order valence-corrected chi connectivity index (χ3v) is 7.55. The van der Waals surface area contributed by atoms with Crippen LogP contribution in [0.3, 0.4) is 0 Å². The molecule has 0 radical (unpaired) electrons. The third kappa shape index (κ3) is 4.89. The van der Waals surface area contributed by atoms with E-state index in [2.05, 4.69) is 0 Å². The molecule has 192 valence electrons. The van der Waals surface area contributed by atoms with Crippen molar-refractivity contribution in [1.29, 1.82) is 0 Å². The highest BCUT2D eigenvalue weighted by Gasteiger charge is 2.24. The van der Waals surface area contributed by atoms with Gasteiger partial charge in [-0.2, -0.15) is 0 Å². The van der Waals surface area contributed by atoms with E-state index in [1.54, 1.807) is 34.1 Å². The summed E-state index contributed by atoms with van der Waals surface area (Å²) in [6.07, 6.45) is 1.40. The van der Waals surface area contributed by atoms with Gasteiger partial charge in [-0.25, -0.2) is 0 Å². The summed E-state index contributed by atoms with van der Waals surface area (Å²) in [6.45, 7) is 4.45. The molecule has 4 rings (SSSR count). The second-order valence-corrected chi connectivity index (χ2v) is 9.44. The molecule has 7 nitrogen and oxygen atoms in total. The molecule has 0 N–H and O–H groups in total. The molecule has 0 aliphatic rings. The Morgan fingerprint density at radius 1 is 0.946 bits per heavy atom. The molecule has 2 heterocycles. The minimum absolute atomic E-state index is 0.0399. The van der Waals surface area contributed by atoms with Crippen LogP contribution >= 0.6 is 11.3 Å². The van der Waals surface area contributed by atoms with Crippen molar-refractivity contribution in [2.75, 3.05) is 21.3 Å². The first kappa shape index (κ1) is 26.2. The molecular weight excluding hydrogens is 490 g/mol. The lowest BCUT2D eigenvalue weighted by Crippen LogP contribution is -2.22. The smallest absolute Gasteiger partial charge is 0.205 e. The van der Waals surface area contributed by atoms with Gasteiger partial charge in [0.25, 0.3) is 0 Å². The molecule has 8 heteroatoms. The van der Waals surface area contributed by atoms with Gasteiger partial charge in [0.2, 0.25) is 11.3 Å². The minimum Gasteiger partial charge on any atom is -0.493 e. The predicted octanol–water partition coefficient (Wildman–Crippen LogP) is 5.93. The van der Waals surface area contributed by atoms with Gasteiger partial charge in [0, 0.05) is 52.2 Å². The first-order chi connectivity index (χ1) is 17.8. The Morgan fingerprint density at radius 3 is 2.35 bits per heavy atom. The predicted molar refractivity (Wildman–Crippen MR) is 146 cm³/mol. The number of aromatic nitrogens is 1. The number of aryl methyl sites for hydroxylation is 2. The summed E-state index contributed by atoms with van der Waals surface area (Å²) in [7, 11) is 4.53. The molecule has 0 bridgehead atoms. The molecule has 2 aromatic carbocycles. The zero-order chi connectivity index (χ0) is 26.7. The highest BCUT2D eigenvalue weighted by atomic mass is 32.1. The number of methoxy groups -OCH3 is 3. The Balaban J connectivity index is 1.70. The van der Waals surface area contributed by atoms with E-state index < -0.39 is 5.43 Å². The van der Waals surface area contributed by atoms with Gasteiger partial charge in [-0.1, -0.05) is 18.2 Å². The average molecular weight is 520 g/mol. The normalized spacial score (nSPS) is 10.9. The minimum atomic E-state index is -0.397. The molecular formula is C29H29NO6S. The van der Waals surface area contributed by atoms with Crippen LogP contribution in [-0.4, -0.2) is 37.5 Å². The zero-order valence-electron chi connectivity index (χ0n) is 21.5. The second kappa shape index (κ2) is 11.0. The zero-order valence-corrected chi connectivity index (χ0v) is 22.4. The summed E-state index contributed by atoms with van der Waals surface area (Å²) in [5, 5.41) is 2.88. The van der Waals surface area contributed by atoms with Crippen molar-refractivity contribution in [3.63, 3.8) is 0 Å². The van der Waals surface area contributed by atoms with Gasteiger partial charge in [-0.15, -0.1) is 11.3 Å². The van der Waals surface area contributed by atoms with Gasteiger partial charge in [-0.3, -0.25) is 14.4 Å². The fourth-order valence-corrected chi connectivity index (χ4v) is 5.49. The topological polar surface area (TPSA) is 83.8 Å². The van der Waals surface area contributed by atoms with Crippen LogP contribution in [-0.2, 0) is 6.54 Å². The molecule has 2 aromatic heterocycles. The van der Waals surface area contributed by atoms with E-state index in [0.717, 1.165) is 21.2 Å². The Bertz CT molecular complexity index is 1550. The molecule has 0 fully saturated rings. The van der Waals surface area contributed by atoms with Gasteiger partial charge in [0.15, 0.2) is 23.1 Å². The number of rotatable bonds is 10. The van der Waals surface area contributed by atoms with Crippen molar-refractivity contribution in [1.82, 2.24) is 4.57 Å². The Morgan fingerprint density at radius 2 is 1.68 bits per heavy atom. The SMILES string of the molecule is CCn1cc(C(=O)CCC(=O)c2ccc(OC)c(OC)c2)c(=O)c(-c2csc3c(C)cccc23)c1OC. The van der Waals surface area contributed by atoms with Crippen molar-refractivity contribution < 1.29 is 23.8 Å². The average Bonchev–Trinajstić information content (AvgIpc) is 3.35. The van der Waals surface area contributed by atoms with Crippen molar-refractivity contribution in [2.45, 2.75) is 33.2 Å². The number of ether oxygens (including phenoxy) is 3. The Hall–Kier alpha value is -3.91. The fourth-order valence-electron chi connectivity index (χ4n) is 4.45. The molecule has 4 aromatic rings. The third-order valence-electron chi connectivity index (χ3n) is 6.42. The number of benzene rings is 2. The highest BCUT2D eigenvalue weighted by molar-refractivity contribution is 7.18. The lowest BCUT2D eigenvalue weighted by molar-refractivity contribution is 0.0916. The van der Waals surface area contributed by atoms with Crippen LogP contribution in [0.2, 0.25) is 0 Å². The number of hydrogen-bond acceptors (Lipinski definition) is 7. The van der Waals surface area contributed by atoms with Gasteiger partial charge >= 0.3 is 0 Å². The standard InChI is InChI=1S/C29H29NO6S/c1-6-30-15-20(23(32)12-11-22(31)18-10-13-24(34-3)25(14-18)35-4)27(33)26(29(30)36-5)21-16-37-28-17(2)8-7-9-19(21)28/h7-10,13-16H,6,11-12H2,1-5H3. The van der Waals surface area contributed by atoms with Crippen LogP contribution in [0.1, 0.15) is 46.0 Å². The molecule has 0 aliphatic carbocycles. The first-order valence-electron chi connectivity index (χ1n) is 11.9. The number of nitrogens with zero attached hydrogens (tertiary/aromatic N) is 1. The number of thiophene rings is 1. The maximum atomic E-state index is 13.7. The van der Waals surface area contributed by atoms with Crippen molar-refractivity contribution in [3.05, 3.63) is 74.9 Å². The first-order valence-corrected chi connectivity index (χ1v) is 12.8. The molecule has 0 unspecified atom stereocenters. The number of carbonyl (C=O) groups is 2. The van der Waals surface area contributed by atoms with Crippen LogP contribution in [0.15, 0.2) is 52.8 Å². The molecule has 0 aliphatic heterocycles. The lowest BCUT2D eigenvalue weighted by Gasteiger charge is -2.16. The maximum absolute atomic E-state index is 13.7. The van der Waals surface area contributed by atoms with E-state index in [4.69, 9.17) is 14.2 Å². The van der Waals surface area contributed by atoms with Crippen LogP contribution in [0, 0.1) is 6.92 Å². The van der Waals surface area contributed by atoms with Crippen LogP contribution in [0.25, 0.3) is 21.2 Å². The van der Waals surface area contributed by atoms with E-state index in [1.165, 1.54) is 27.5 Å². The number of pyridine rings is 1. The van der Waals surface area contributed by atoms with E-state index in [9.17, 15) is 14.4 Å². The summed E-state index contributed by atoms with van der Waals surface area (Å²) in [5.41, 5.74) is 2.27. The van der Waals surface area contributed by atoms with Gasteiger partial charge in [-0.05, 0) is 37.6 Å². The quantitative estimate of drug-likeness (QED) is 0.242. The van der Waals surface area contributed by atoms with E-state index in [0.29, 0.717) is 35.1 Å². The molecule has 0 amide bonds. The number of fused-ring (bicyclic) bond motifs is 1. The Kier molecular flexibility index (Phi) is 7.78. The highest BCUT2D eigenvalue weighted by Crippen LogP contribution is 2.38. The molecule has 0 saturated carbocycles. The summed E-state index contributed by atoms with van der Waals surface area (Å²) in [5.74, 6) is 0.742. The Labute approximate surface area is 219 Å². The number of carbonyl (C=O) groups excluding carboxylic acids is 2. The summed E-state index contributed by atoms with van der Waals surface area (Å²) >= 11 is 1.56. The van der Waals surface area contributed by atoms with Crippen molar-refractivity contribution in [2.24, 2.45) is 0 Å². The maximum Gasteiger partial charge on any atom is 0.205 e. The summed E-state index contributed by atoms with van der Waals surface area (Å²) < 4.78 is 19.0. The summed E-state index contributed by atoms with van der Waals surface area (Å²) in [4.78, 5) is 39.9. The van der Waals surface area contributed by atoms with Gasteiger partial charge < -0.3 is 18.8 Å². The molecule has 0 saturated heterocycles. The number of Topliss-reactive ketones (excluding diaryl/α,β-unsaturated/α-hetero) is 2. The van der Waals surface area contributed by atoms with Crippen LogP contribution < -0.4 is 19.6 Å². The van der Waals surface area contributed by atoms with E-state index in [1.807, 2.05) is 37.4 Å². The monoisotopic (exact) mass is 519 g/mol. The molecule has 37 heavy (non-hydrogen) atoms. The summed E-state index contributed by atoms with van der Waals surface area (Å²) in [6, 6.07) is 10.8. The number of hydrogen-bond donors (Lipinski definition) is 0. The molecule has 0 spiro atoms. The van der Waals surface area contributed by atoms with Gasteiger partial charge in [0.05, 0.1) is 32.5 Å². The fraction of sp³-hybridized carbons (Fsp3) is 0.276. The lowest BCUT2D eigenvalue weighted by atomic mass is 9.98. The molecule has 0 atom stereocenters.